The first-order valence-corrected chi connectivity index (χ1v) is 17.1. The molecule has 2 heterocycles. The fourth-order valence-electron chi connectivity index (χ4n) is 7.90. The molecule has 2 nitrogen and oxygen atoms in total. The minimum Gasteiger partial charge on any atom is -0.376 e. The highest BCUT2D eigenvalue weighted by atomic mass is 15.1. The molecule has 0 aliphatic carbocycles. The molecule has 2 aliphatic rings. The van der Waals surface area contributed by atoms with Crippen LogP contribution in [0.3, 0.4) is 0 Å². The largest absolute Gasteiger partial charge is 0.376 e. The second-order valence-corrected chi connectivity index (χ2v) is 13.0. The van der Waals surface area contributed by atoms with E-state index in [1.165, 1.54) is 61.3 Å². The standard InChI is InChI=1S/C46H35BN2/c1-33-28-36-31-35(30-34-16-6-2-7-17-34)42-32-40(48(37-18-8-3-9-19-37)38-20-10-4-11-21-38)26-27-44(42)47-46(36)43(29-33)41-24-14-15-25-45(41)49(47)39-22-12-5-13-23-39/h2-30,32H,31H2,1H3/b35-30-. The Morgan fingerprint density at radius 2 is 1.16 bits per heavy atom. The number of para-hydroxylation sites is 4. The first-order valence-electron chi connectivity index (χ1n) is 17.1. The summed E-state index contributed by atoms with van der Waals surface area (Å²) in [5.74, 6) is 0. The SMILES string of the molecule is Cc1cc2c3c(c1)-c1ccccc1N(c1ccccc1)B3c1ccc(N(c3ccccc3)c3ccccc3)cc1/C(=C\c1ccccc1)C2. The lowest BCUT2D eigenvalue weighted by Gasteiger charge is -2.40. The Balaban J connectivity index is 1.35. The second-order valence-electron chi connectivity index (χ2n) is 13.0. The van der Waals surface area contributed by atoms with Crippen LogP contribution in [-0.4, -0.2) is 6.85 Å². The number of fused-ring (bicyclic) bond motifs is 4. The van der Waals surface area contributed by atoms with Crippen molar-refractivity contribution in [2.24, 2.45) is 0 Å². The molecular weight excluding hydrogens is 591 g/mol. The first kappa shape index (κ1) is 29.1. The number of aryl methyl sites for hydroxylation is 1. The van der Waals surface area contributed by atoms with E-state index in [4.69, 9.17) is 0 Å². The van der Waals surface area contributed by atoms with Crippen LogP contribution in [-0.2, 0) is 6.42 Å². The van der Waals surface area contributed by atoms with E-state index >= 15 is 0 Å². The van der Waals surface area contributed by atoms with Crippen LogP contribution in [0.25, 0.3) is 22.8 Å². The average molecular weight is 627 g/mol. The number of allylic oxidation sites excluding steroid dienone is 1. The monoisotopic (exact) mass is 626 g/mol. The summed E-state index contributed by atoms with van der Waals surface area (Å²) in [6.07, 6.45) is 3.25. The molecular formula is C46H35BN2. The lowest BCUT2D eigenvalue weighted by atomic mass is 9.44. The summed E-state index contributed by atoms with van der Waals surface area (Å²) in [5.41, 5.74) is 17.7. The predicted octanol–water partition coefficient (Wildman–Crippen LogP) is 10.5. The fourth-order valence-corrected chi connectivity index (χ4v) is 7.90. The Morgan fingerprint density at radius 3 is 1.86 bits per heavy atom. The van der Waals surface area contributed by atoms with Gasteiger partial charge in [-0.3, -0.25) is 0 Å². The minimum atomic E-state index is -0.00414. The summed E-state index contributed by atoms with van der Waals surface area (Å²) in [5, 5.41) is 0. The summed E-state index contributed by atoms with van der Waals surface area (Å²) in [6, 6.07) is 64.1. The Bertz CT molecular complexity index is 2280. The van der Waals surface area contributed by atoms with Gasteiger partial charge in [0.05, 0.1) is 0 Å². The number of nitrogens with zero attached hydrogens (tertiary/aromatic N) is 2. The average Bonchev–Trinajstić information content (AvgIpc) is 3.28. The zero-order valence-electron chi connectivity index (χ0n) is 27.5. The van der Waals surface area contributed by atoms with Crippen molar-refractivity contribution in [1.82, 2.24) is 0 Å². The molecule has 9 rings (SSSR count). The molecule has 0 saturated heterocycles. The van der Waals surface area contributed by atoms with Gasteiger partial charge in [0.1, 0.15) is 0 Å². The van der Waals surface area contributed by atoms with Crippen molar-refractivity contribution < 1.29 is 0 Å². The molecule has 0 saturated carbocycles. The van der Waals surface area contributed by atoms with Crippen LogP contribution in [0.5, 0.6) is 0 Å². The second kappa shape index (κ2) is 12.2. The van der Waals surface area contributed by atoms with Crippen LogP contribution in [0.15, 0.2) is 176 Å². The fraction of sp³-hybridized carbons (Fsp3) is 0.0435. The molecule has 0 fully saturated rings. The molecule has 0 amide bonds. The molecule has 3 heteroatoms. The zero-order chi connectivity index (χ0) is 32.7. The highest BCUT2D eigenvalue weighted by molar-refractivity contribution is 6.92. The van der Waals surface area contributed by atoms with Gasteiger partial charge in [-0.1, -0.05) is 133 Å². The molecule has 0 aromatic heterocycles. The van der Waals surface area contributed by atoms with E-state index in [2.05, 4.69) is 199 Å². The maximum atomic E-state index is 2.58. The minimum absolute atomic E-state index is 0.00414. The maximum absolute atomic E-state index is 2.58. The van der Waals surface area contributed by atoms with E-state index < -0.39 is 0 Å². The van der Waals surface area contributed by atoms with Gasteiger partial charge in [-0.15, -0.1) is 0 Å². The van der Waals surface area contributed by atoms with Crippen LogP contribution in [0.2, 0.25) is 0 Å². The lowest BCUT2D eigenvalue weighted by molar-refractivity contribution is 1.27. The van der Waals surface area contributed by atoms with Crippen molar-refractivity contribution in [3.8, 4) is 11.1 Å². The number of rotatable bonds is 5. The maximum Gasteiger partial charge on any atom is 0.329 e. The van der Waals surface area contributed by atoms with Gasteiger partial charge in [-0.2, -0.15) is 0 Å². The first-order chi connectivity index (χ1) is 24.2. The van der Waals surface area contributed by atoms with Gasteiger partial charge < -0.3 is 9.71 Å². The van der Waals surface area contributed by atoms with Crippen LogP contribution >= 0.6 is 0 Å². The quantitative estimate of drug-likeness (QED) is 0.176. The normalized spacial score (nSPS) is 13.7. The molecule has 0 unspecified atom stereocenters. The van der Waals surface area contributed by atoms with E-state index in [9.17, 15) is 0 Å². The van der Waals surface area contributed by atoms with E-state index in [0.29, 0.717) is 0 Å². The molecule has 7 aromatic carbocycles. The zero-order valence-corrected chi connectivity index (χ0v) is 27.5. The number of benzene rings is 7. The van der Waals surface area contributed by atoms with E-state index in [0.717, 1.165) is 23.5 Å². The van der Waals surface area contributed by atoms with Gasteiger partial charge in [0, 0.05) is 34.0 Å². The molecule has 232 valence electrons. The van der Waals surface area contributed by atoms with Gasteiger partial charge >= 0.3 is 6.85 Å². The number of hydrogen-bond donors (Lipinski definition) is 0. The van der Waals surface area contributed by atoms with Gasteiger partial charge in [0.25, 0.3) is 0 Å². The summed E-state index contributed by atoms with van der Waals surface area (Å²) >= 11 is 0. The molecule has 0 N–H and O–H groups in total. The molecule has 2 aliphatic heterocycles. The van der Waals surface area contributed by atoms with Crippen molar-refractivity contribution in [2.75, 3.05) is 9.71 Å². The van der Waals surface area contributed by atoms with Crippen LogP contribution in [0, 0.1) is 6.92 Å². The lowest BCUT2D eigenvalue weighted by Crippen LogP contribution is -2.58. The Hall–Kier alpha value is -6.06. The third-order valence-electron chi connectivity index (χ3n) is 9.92. The number of hydrogen-bond acceptors (Lipinski definition) is 2. The smallest absolute Gasteiger partial charge is 0.329 e. The van der Waals surface area contributed by atoms with Crippen molar-refractivity contribution in [2.45, 2.75) is 13.3 Å². The van der Waals surface area contributed by atoms with Crippen molar-refractivity contribution in [1.29, 1.82) is 0 Å². The van der Waals surface area contributed by atoms with Gasteiger partial charge in [-0.05, 0) is 107 Å². The molecule has 0 spiro atoms. The number of anilines is 5. The summed E-state index contributed by atoms with van der Waals surface area (Å²) in [4.78, 5) is 4.95. The van der Waals surface area contributed by atoms with Crippen molar-refractivity contribution >= 4 is 57.9 Å². The summed E-state index contributed by atoms with van der Waals surface area (Å²) < 4.78 is 0. The van der Waals surface area contributed by atoms with Gasteiger partial charge in [0.15, 0.2) is 0 Å². The highest BCUT2D eigenvalue weighted by Crippen LogP contribution is 2.43. The van der Waals surface area contributed by atoms with E-state index in [1.54, 1.807) is 0 Å². The Morgan fingerprint density at radius 1 is 0.551 bits per heavy atom. The third-order valence-corrected chi connectivity index (χ3v) is 9.92. The van der Waals surface area contributed by atoms with Crippen LogP contribution < -0.4 is 20.6 Å². The molecule has 0 bridgehead atoms. The van der Waals surface area contributed by atoms with E-state index in [1.807, 2.05) is 0 Å². The Labute approximate surface area is 289 Å². The van der Waals surface area contributed by atoms with Gasteiger partial charge in [0.2, 0.25) is 0 Å². The van der Waals surface area contributed by atoms with Crippen molar-refractivity contribution in [3.63, 3.8) is 0 Å². The van der Waals surface area contributed by atoms with E-state index in [-0.39, 0.29) is 6.85 Å². The topological polar surface area (TPSA) is 6.48 Å². The van der Waals surface area contributed by atoms with Crippen LogP contribution in [0.1, 0.15) is 22.3 Å². The van der Waals surface area contributed by atoms with Crippen molar-refractivity contribution in [3.05, 3.63) is 198 Å². The highest BCUT2D eigenvalue weighted by Gasteiger charge is 2.42. The third kappa shape index (κ3) is 5.15. The van der Waals surface area contributed by atoms with Gasteiger partial charge in [-0.25, -0.2) is 0 Å². The molecule has 0 radical (unpaired) electrons. The van der Waals surface area contributed by atoms with Crippen LogP contribution in [0.4, 0.5) is 28.4 Å². The molecule has 7 aromatic rings. The molecule has 0 atom stereocenters. The predicted molar refractivity (Wildman–Crippen MR) is 209 cm³/mol. The Kier molecular flexibility index (Phi) is 7.24. The molecule has 49 heavy (non-hydrogen) atoms. The summed E-state index contributed by atoms with van der Waals surface area (Å²) in [7, 11) is 0. The summed E-state index contributed by atoms with van der Waals surface area (Å²) in [6.45, 7) is 2.24.